The molecule has 130 valence electrons. The minimum absolute atomic E-state index is 0.0710. The molecule has 0 spiro atoms. The molecule has 0 saturated carbocycles. The van der Waals surface area contributed by atoms with Gasteiger partial charge >= 0.3 is 0 Å². The van der Waals surface area contributed by atoms with E-state index in [-0.39, 0.29) is 17.2 Å². The molecule has 0 bridgehead atoms. The van der Waals surface area contributed by atoms with Crippen LogP contribution in [0.4, 0.5) is 4.39 Å². The topological polar surface area (TPSA) is 39.1 Å². The van der Waals surface area contributed by atoms with Gasteiger partial charge in [0.25, 0.3) is 5.56 Å². The first-order chi connectivity index (χ1) is 12.6. The van der Waals surface area contributed by atoms with E-state index >= 15 is 0 Å². The summed E-state index contributed by atoms with van der Waals surface area (Å²) in [5.74, 6) is -0.457. The van der Waals surface area contributed by atoms with Crippen LogP contribution in [0, 0.1) is 5.82 Å². The summed E-state index contributed by atoms with van der Waals surface area (Å²) in [4.78, 5) is 24.8. The summed E-state index contributed by atoms with van der Waals surface area (Å²) in [6, 6.07) is 15.7. The van der Waals surface area contributed by atoms with Crippen molar-refractivity contribution in [2.75, 3.05) is 0 Å². The summed E-state index contributed by atoms with van der Waals surface area (Å²) in [5, 5.41) is 0. The first-order valence-electron chi connectivity index (χ1n) is 8.69. The molecule has 3 nitrogen and oxygen atoms in total. The van der Waals surface area contributed by atoms with Crippen molar-refractivity contribution in [2.45, 2.75) is 26.3 Å². The monoisotopic (exact) mass is 347 g/mol. The summed E-state index contributed by atoms with van der Waals surface area (Å²) in [5.41, 5.74) is 3.34. The smallest absolute Gasteiger partial charge is 0.258 e. The highest BCUT2D eigenvalue weighted by Gasteiger charge is 2.22. The van der Waals surface area contributed by atoms with Gasteiger partial charge in [0.15, 0.2) is 5.78 Å². The number of carbonyl (C=O) groups excluding carboxylic acids is 1. The minimum atomic E-state index is -0.386. The fourth-order valence-electron chi connectivity index (χ4n) is 3.66. The van der Waals surface area contributed by atoms with Gasteiger partial charge in [-0.3, -0.25) is 9.59 Å². The lowest BCUT2D eigenvalue weighted by Gasteiger charge is -2.12. The van der Waals surface area contributed by atoms with Crippen molar-refractivity contribution in [3.8, 4) is 22.3 Å². The number of nitrogens with zero attached hydrogens (tertiary/aromatic N) is 1. The lowest BCUT2D eigenvalue weighted by molar-refractivity contribution is 0.101. The van der Waals surface area contributed by atoms with Gasteiger partial charge in [0.2, 0.25) is 0 Å². The van der Waals surface area contributed by atoms with Crippen LogP contribution >= 0.6 is 0 Å². The number of ketones is 1. The molecule has 3 aromatic rings. The van der Waals surface area contributed by atoms with Crippen LogP contribution in [-0.4, -0.2) is 10.4 Å². The molecule has 2 aromatic carbocycles. The van der Waals surface area contributed by atoms with Crippen molar-refractivity contribution in [2.24, 2.45) is 0 Å². The molecular formula is C22H18FNO2. The minimum Gasteiger partial charge on any atom is -0.311 e. The lowest BCUT2D eigenvalue weighted by Crippen LogP contribution is -2.23. The highest BCUT2D eigenvalue weighted by atomic mass is 19.1. The molecule has 0 atom stereocenters. The van der Waals surface area contributed by atoms with Crippen LogP contribution in [0.1, 0.15) is 29.4 Å². The Balaban J connectivity index is 1.87. The first kappa shape index (κ1) is 16.5. The maximum Gasteiger partial charge on any atom is 0.258 e. The van der Waals surface area contributed by atoms with E-state index in [0.717, 1.165) is 24.1 Å². The molecular weight excluding hydrogens is 329 g/mol. The van der Waals surface area contributed by atoms with Crippen molar-refractivity contribution in [1.29, 1.82) is 0 Å². The van der Waals surface area contributed by atoms with E-state index < -0.39 is 0 Å². The molecule has 4 heteroatoms. The molecule has 1 aliphatic rings. The SMILES string of the molecule is CC(=O)c1cc(-c2ccc(-c3ccccc3)c(F)c2)c(=O)n2c1CCC2. The predicted octanol–water partition coefficient (Wildman–Crippen LogP) is 4.47. The Labute approximate surface area is 150 Å². The zero-order valence-electron chi connectivity index (χ0n) is 14.5. The van der Waals surface area contributed by atoms with Crippen LogP contribution in [0.25, 0.3) is 22.3 Å². The maximum absolute atomic E-state index is 14.7. The first-order valence-corrected chi connectivity index (χ1v) is 8.69. The second-order valence-corrected chi connectivity index (χ2v) is 6.60. The number of aromatic nitrogens is 1. The predicted molar refractivity (Wildman–Crippen MR) is 99.9 cm³/mol. The van der Waals surface area contributed by atoms with Gasteiger partial charge < -0.3 is 4.57 Å². The van der Waals surface area contributed by atoms with Crippen molar-refractivity contribution in [1.82, 2.24) is 4.57 Å². The van der Waals surface area contributed by atoms with Crippen molar-refractivity contribution in [3.05, 3.63) is 82.0 Å². The molecule has 0 fully saturated rings. The van der Waals surface area contributed by atoms with Crippen molar-refractivity contribution in [3.63, 3.8) is 0 Å². The fraction of sp³-hybridized carbons (Fsp3) is 0.182. The Bertz CT molecular complexity index is 1070. The molecule has 1 aliphatic heterocycles. The maximum atomic E-state index is 14.7. The van der Waals surface area contributed by atoms with Crippen molar-refractivity contribution < 1.29 is 9.18 Å². The van der Waals surface area contributed by atoms with Crippen LogP contribution in [0.5, 0.6) is 0 Å². The Hall–Kier alpha value is -3.01. The van der Waals surface area contributed by atoms with Gasteiger partial charge in [-0.15, -0.1) is 0 Å². The summed E-state index contributed by atoms with van der Waals surface area (Å²) >= 11 is 0. The molecule has 26 heavy (non-hydrogen) atoms. The number of Topliss-reactive ketones (excluding diaryl/α,β-unsaturated/α-hetero) is 1. The van der Waals surface area contributed by atoms with E-state index in [2.05, 4.69) is 0 Å². The van der Waals surface area contributed by atoms with Gasteiger partial charge in [0, 0.05) is 28.9 Å². The van der Waals surface area contributed by atoms with Gasteiger partial charge in [-0.25, -0.2) is 4.39 Å². The van der Waals surface area contributed by atoms with Crippen LogP contribution < -0.4 is 5.56 Å². The van der Waals surface area contributed by atoms with E-state index in [4.69, 9.17) is 0 Å². The molecule has 0 radical (unpaired) electrons. The molecule has 1 aromatic heterocycles. The quantitative estimate of drug-likeness (QED) is 0.656. The highest BCUT2D eigenvalue weighted by molar-refractivity contribution is 5.96. The molecule has 0 aliphatic carbocycles. The number of pyridine rings is 1. The summed E-state index contributed by atoms with van der Waals surface area (Å²) in [7, 11) is 0. The van der Waals surface area contributed by atoms with Crippen LogP contribution in [0.2, 0.25) is 0 Å². The van der Waals surface area contributed by atoms with E-state index in [1.54, 1.807) is 22.8 Å². The van der Waals surface area contributed by atoms with E-state index in [0.29, 0.717) is 28.8 Å². The number of rotatable bonds is 3. The Morgan fingerprint density at radius 2 is 1.77 bits per heavy atom. The third-order valence-corrected chi connectivity index (χ3v) is 4.94. The average Bonchev–Trinajstić information content (AvgIpc) is 3.13. The second-order valence-electron chi connectivity index (χ2n) is 6.60. The largest absolute Gasteiger partial charge is 0.311 e. The Kier molecular flexibility index (Phi) is 4.03. The standard InChI is InChI=1S/C22H18FNO2/c1-14(25)18-13-19(22(26)24-11-5-8-21(18)24)16-9-10-17(20(23)12-16)15-6-3-2-4-7-15/h2-4,6-7,9-10,12-13H,5,8,11H2,1H3. The van der Waals surface area contributed by atoms with Crippen LogP contribution in [0.15, 0.2) is 59.4 Å². The zero-order valence-corrected chi connectivity index (χ0v) is 14.5. The number of hydrogen-bond acceptors (Lipinski definition) is 2. The lowest BCUT2D eigenvalue weighted by atomic mass is 9.98. The summed E-state index contributed by atoms with van der Waals surface area (Å²) in [6.45, 7) is 2.11. The van der Waals surface area contributed by atoms with E-state index in [1.165, 1.54) is 13.0 Å². The zero-order chi connectivity index (χ0) is 18.3. The third-order valence-electron chi connectivity index (χ3n) is 4.94. The fourth-order valence-corrected chi connectivity index (χ4v) is 3.66. The Morgan fingerprint density at radius 1 is 1.00 bits per heavy atom. The third kappa shape index (κ3) is 2.68. The van der Waals surface area contributed by atoms with Gasteiger partial charge in [-0.2, -0.15) is 0 Å². The van der Waals surface area contributed by atoms with Crippen LogP contribution in [-0.2, 0) is 13.0 Å². The molecule has 0 N–H and O–H groups in total. The molecule has 0 saturated heterocycles. The molecule has 2 heterocycles. The van der Waals surface area contributed by atoms with Gasteiger partial charge in [-0.1, -0.05) is 42.5 Å². The van der Waals surface area contributed by atoms with E-state index in [9.17, 15) is 14.0 Å². The number of benzene rings is 2. The van der Waals surface area contributed by atoms with E-state index in [1.807, 2.05) is 30.3 Å². The second kappa shape index (κ2) is 6.37. The van der Waals surface area contributed by atoms with Gasteiger partial charge in [0.1, 0.15) is 5.82 Å². The van der Waals surface area contributed by atoms with Gasteiger partial charge in [-0.05, 0) is 43.0 Å². The normalized spacial score (nSPS) is 12.8. The van der Waals surface area contributed by atoms with Crippen molar-refractivity contribution >= 4 is 5.78 Å². The number of fused-ring (bicyclic) bond motifs is 1. The van der Waals surface area contributed by atoms with Crippen LogP contribution in [0.3, 0.4) is 0 Å². The summed E-state index contributed by atoms with van der Waals surface area (Å²) in [6.07, 6.45) is 1.58. The molecule has 0 amide bonds. The van der Waals surface area contributed by atoms with Gasteiger partial charge in [0.05, 0.1) is 0 Å². The number of hydrogen-bond donors (Lipinski definition) is 0. The molecule has 4 rings (SSSR count). The average molecular weight is 347 g/mol. The molecule has 0 unspecified atom stereocenters. The Morgan fingerprint density at radius 3 is 2.46 bits per heavy atom. The summed E-state index contributed by atoms with van der Waals surface area (Å²) < 4.78 is 16.4. The number of carbonyl (C=O) groups is 1. The highest BCUT2D eigenvalue weighted by Crippen LogP contribution is 2.28. The number of halogens is 1.